The highest BCUT2D eigenvalue weighted by atomic mass is 32.1. The van der Waals surface area contributed by atoms with Crippen LogP contribution in [0.5, 0.6) is 11.5 Å². The van der Waals surface area contributed by atoms with Crippen molar-refractivity contribution in [3.63, 3.8) is 0 Å². The zero-order valence-corrected chi connectivity index (χ0v) is 19.6. The van der Waals surface area contributed by atoms with E-state index < -0.39 is 0 Å². The standard InChI is InChI=1S/C25H30N2O3S/c1-17-6-7-24-20(12-17)18(16-31-24)8-11-26(2)9-5-10-27-15-19-13-22(29-3)23(30-4)14-21(19)25(27)28/h6-7,12-14,16H,5,8-11,15H2,1-4H3. The maximum absolute atomic E-state index is 12.8. The van der Waals surface area contributed by atoms with E-state index in [-0.39, 0.29) is 5.91 Å². The molecule has 0 saturated heterocycles. The molecule has 164 valence electrons. The van der Waals surface area contributed by atoms with E-state index in [2.05, 4.69) is 42.5 Å². The van der Waals surface area contributed by atoms with Crippen LogP contribution in [0.1, 0.15) is 33.5 Å². The van der Waals surface area contributed by atoms with E-state index in [1.807, 2.05) is 22.3 Å². The second-order valence-corrected chi connectivity index (χ2v) is 9.17. The molecule has 31 heavy (non-hydrogen) atoms. The number of amides is 1. The van der Waals surface area contributed by atoms with Gasteiger partial charge in [0.25, 0.3) is 5.91 Å². The first kappa shape index (κ1) is 21.7. The van der Waals surface area contributed by atoms with Crippen molar-refractivity contribution in [2.45, 2.75) is 26.3 Å². The van der Waals surface area contributed by atoms with Gasteiger partial charge in [0.15, 0.2) is 11.5 Å². The van der Waals surface area contributed by atoms with Gasteiger partial charge in [-0.1, -0.05) is 17.7 Å². The van der Waals surface area contributed by atoms with Gasteiger partial charge in [0.1, 0.15) is 0 Å². The number of likely N-dealkylation sites (N-methyl/N-ethyl adjacent to an activating group) is 1. The summed E-state index contributed by atoms with van der Waals surface area (Å²) in [6.07, 6.45) is 2.00. The minimum absolute atomic E-state index is 0.0821. The highest BCUT2D eigenvalue weighted by Crippen LogP contribution is 2.35. The van der Waals surface area contributed by atoms with Crippen LogP contribution >= 0.6 is 11.3 Å². The maximum Gasteiger partial charge on any atom is 0.254 e. The number of ether oxygens (including phenoxy) is 2. The largest absolute Gasteiger partial charge is 0.493 e. The molecule has 0 unspecified atom stereocenters. The van der Waals surface area contributed by atoms with Crippen molar-refractivity contribution >= 4 is 27.3 Å². The second kappa shape index (κ2) is 9.28. The fraction of sp³-hybridized carbons (Fsp3) is 0.400. The molecule has 3 aromatic rings. The van der Waals surface area contributed by atoms with Crippen molar-refractivity contribution in [3.8, 4) is 11.5 Å². The van der Waals surface area contributed by atoms with Crippen LogP contribution in [0.2, 0.25) is 0 Å². The number of benzene rings is 2. The molecule has 0 fully saturated rings. The van der Waals surface area contributed by atoms with E-state index in [0.717, 1.165) is 43.6 Å². The van der Waals surface area contributed by atoms with Gasteiger partial charge in [-0.25, -0.2) is 0 Å². The number of carbonyl (C=O) groups is 1. The molecule has 2 heterocycles. The summed E-state index contributed by atoms with van der Waals surface area (Å²) in [5, 5.41) is 3.69. The maximum atomic E-state index is 12.8. The van der Waals surface area contributed by atoms with Gasteiger partial charge in [0.2, 0.25) is 0 Å². The Hall–Kier alpha value is -2.57. The van der Waals surface area contributed by atoms with E-state index in [4.69, 9.17) is 9.47 Å². The normalized spacial score (nSPS) is 13.3. The van der Waals surface area contributed by atoms with Crippen LogP contribution in [-0.2, 0) is 13.0 Å². The Kier molecular flexibility index (Phi) is 6.49. The first-order valence-corrected chi connectivity index (χ1v) is 11.6. The molecule has 2 aromatic carbocycles. The topological polar surface area (TPSA) is 42.0 Å². The lowest BCUT2D eigenvalue weighted by molar-refractivity contribution is 0.0772. The van der Waals surface area contributed by atoms with Crippen LogP contribution in [0.3, 0.4) is 0 Å². The quantitative estimate of drug-likeness (QED) is 0.484. The van der Waals surface area contributed by atoms with Crippen molar-refractivity contribution < 1.29 is 14.3 Å². The van der Waals surface area contributed by atoms with Crippen molar-refractivity contribution in [1.29, 1.82) is 0 Å². The lowest BCUT2D eigenvalue weighted by atomic mass is 10.1. The second-order valence-electron chi connectivity index (χ2n) is 8.26. The van der Waals surface area contributed by atoms with Crippen molar-refractivity contribution in [1.82, 2.24) is 9.80 Å². The number of carbonyl (C=O) groups excluding carboxylic acids is 1. The third-order valence-electron chi connectivity index (χ3n) is 6.03. The van der Waals surface area contributed by atoms with Gasteiger partial charge < -0.3 is 19.3 Å². The molecule has 0 radical (unpaired) electrons. The molecule has 1 aromatic heterocycles. The van der Waals surface area contributed by atoms with Crippen LogP contribution in [-0.4, -0.2) is 56.6 Å². The Morgan fingerprint density at radius 1 is 1.10 bits per heavy atom. The molecule has 0 spiro atoms. The SMILES string of the molecule is COc1cc2c(cc1OC)C(=O)N(CCCN(C)CCc1csc3ccc(C)cc13)C2. The van der Waals surface area contributed by atoms with E-state index in [0.29, 0.717) is 18.0 Å². The molecule has 0 atom stereocenters. The average Bonchev–Trinajstić information content (AvgIpc) is 3.31. The van der Waals surface area contributed by atoms with Gasteiger partial charge in [0.05, 0.1) is 14.2 Å². The Bertz CT molecular complexity index is 1090. The summed E-state index contributed by atoms with van der Waals surface area (Å²) in [4.78, 5) is 17.1. The van der Waals surface area contributed by atoms with Gasteiger partial charge in [-0.15, -0.1) is 11.3 Å². The van der Waals surface area contributed by atoms with Gasteiger partial charge in [-0.05, 0) is 73.5 Å². The summed E-state index contributed by atoms with van der Waals surface area (Å²) in [6, 6.07) is 10.4. The third-order valence-corrected chi connectivity index (χ3v) is 7.04. The van der Waals surface area contributed by atoms with Gasteiger partial charge in [0, 0.05) is 29.9 Å². The number of aryl methyl sites for hydroxylation is 1. The number of hydrogen-bond donors (Lipinski definition) is 0. The third kappa shape index (κ3) is 4.55. The molecular formula is C25H30N2O3S. The number of methoxy groups -OCH3 is 2. The highest BCUT2D eigenvalue weighted by molar-refractivity contribution is 7.17. The van der Waals surface area contributed by atoms with Gasteiger partial charge in [-0.3, -0.25) is 4.79 Å². The number of hydrogen-bond acceptors (Lipinski definition) is 5. The summed E-state index contributed by atoms with van der Waals surface area (Å²) in [6.45, 7) is 5.52. The fourth-order valence-electron chi connectivity index (χ4n) is 4.22. The van der Waals surface area contributed by atoms with Crippen LogP contribution < -0.4 is 9.47 Å². The summed E-state index contributed by atoms with van der Waals surface area (Å²) >= 11 is 1.83. The first-order valence-electron chi connectivity index (χ1n) is 10.7. The fourth-order valence-corrected chi connectivity index (χ4v) is 5.20. The summed E-state index contributed by atoms with van der Waals surface area (Å²) in [7, 11) is 5.38. The molecule has 1 aliphatic rings. The lowest BCUT2D eigenvalue weighted by Gasteiger charge is -2.20. The van der Waals surface area contributed by atoms with Crippen molar-refractivity contribution in [3.05, 3.63) is 58.0 Å². The minimum Gasteiger partial charge on any atom is -0.493 e. The molecule has 1 aliphatic heterocycles. The zero-order chi connectivity index (χ0) is 22.0. The molecule has 0 bridgehead atoms. The smallest absolute Gasteiger partial charge is 0.254 e. The molecule has 4 rings (SSSR count). The molecule has 0 saturated carbocycles. The monoisotopic (exact) mass is 438 g/mol. The van der Waals surface area contributed by atoms with E-state index >= 15 is 0 Å². The molecular weight excluding hydrogens is 408 g/mol. The van der Waals surface area contributed by atoms with Gasteiger partial charge >= 0.3 is 0 Å². The number of thiophene rings is 1. The lowest BCUT2D eigenvalue weighted by Crippen LogP contribution is -2.29. The van der Waals surface area contributed by atoms with Crippen LogP contribution in [0, 0.1) is 6.92 Å². The zero-order valence-electron chi connectivity index (χ0n) is 18.7. The first-order chi connectivity index (χ1) is 15.0. The Labute approximate surface area is 188 Å². The molecule has 5 nitrogen and oxygen atoms in total. The summed E-state index contributed by atoms with van der Waals surface area (Å²) in [5.74, 6) is 1.36. The molecule has 0 aliphatic carbocycles. The number of fused-ring (bicyclic) bond motifs is 2. The molecule has 6 heteroatoms. The minimum atomic E-state index is 0.0821. The van der Waals surface area contributed by atoms with Crippen LogP contribution in [0.25, 0.3) is 10.1 Å². The molecule has 1 amide bonds. The number of rotatable bonds is 9. The number of nitrogens with zero attached hydrogens (tertiary/aromatic N) is 2. The van der Waals surface area contributed by atoms with E-state index in [1.54, 1.807) is 20.3 Å². The van der Waals surface area contributed by atoms with Crippen molar-refractivity contribution in [2.24, 2.45) is 0 Å². The molecule has 0 N–H and O–H groups in total. The van der Waals surface area contributed by atoms with Gasteiger partial charge in [-0.2, -0.15) is 0 Å². The predicted octanol–water partition coefficient (Wildman–Crippen LogP) is 4.75. The highest BCUT2D eigenvalue weighted by Gasteiger charge is 2.29. The Morgan fingerprint density at radius 2 is 1.87 bits per heavy atom. The van der Waals surface area contributed by atoms with Crippen molar-refractivity contribution in [2.75, 3.05) is 40.9 Å². The Morgan fingerprint density at radius 3 is 2.65 bits per heavy atom. The predicted molar refractivity (Wildman–Crippen MR) is 127 cm³/mol. The summed E-state index contributed by atoms with van der Waals surface area (Å²) in [5.41, 5.74) is 4.48. The van der Waals surface area contributed by atoms with Crippen LogP contribution in [0.4, 0.5) is 0 Å². The summed E-state index contributed by atoms with van der Waals surface area (Å²) < 4.78 is 12.1. The Balaban J connectivity index is 1.28. The van der Waals surface area contributed by atoms with E-state index in [1.165, 1.54) is 21.2 Å². The van der Waals surface area contributed by atoms with E-state index in [9.17, 15) is 4.79 Å². The van der Waals surface area contributed by atoms with Crippen LogP contribution in [0.15, 0.2) is 35.7 Å². The average molecular weight is 439 g/mol.